The molecular formula is C23H27N3O3S2. The second-order valence-electron chi connectivity index (χ2n) is 7.76. The van der Waals surface area contributed by atoms with E-state index in [4.69, 9.17) is 0 Å². The molecule has 31 heavy (non-hydrogen) atoms. The van der Waals surface area contributed by atoms with Gasteiger partial charge in [-0.3, -0.25) is 4.79 Å². The summed E-state index contributed by atoms with van der Waals surface area (Å²) in [7, 11) is -3.44. The summed E-state index contributed by atoms with van der Waals surface area (Å²) in [6, 6.07) is 15.2. The Hall–Kier alpha value is -2.55. The molecule has 2 N–H and O–H groups in total. The zero-order valence-electron chi connectivity index (χ0n) is 17.9. The summed E-state index contributed by atoms with van der Waals surface area (Å²) in [4.78, 5) is 17.0. The van der Waals surface area contributed by atoms with Gasteiger partial charge in [-0.1, -0.05) is 54.1 Å². The van der Waals surface area contributed by atoms with Gasteiger partial charge in [0.25, 0.3) is 0 Å². The van der Waals surface area contributed by atoms with E-state index in [0.717, 1.165) is 21.8 Å². The van der Waals surface area contributed by atoms with Gasteiger partial charge in [-0.25, -0.2) is 18.1 Å². The molecule has 0 aliphatic carbocycles. The number of hydrogen-bond acceptors (Lipinski definition) is 5. The van der Waals surface area contributed by atoms with E-state index in [9.17, 15) is 13.2 Å². The van der Waals surface area contributed by atoms with Crippen molar-refractivity contribution in [3.05, 3.63) is 76.3 Å². The van der Waals surface area contributed by atoms with Crippen molar-refractivity contribution in [1.29, 1.82) is 0 Å². The van der Waals surface area contributed by atoms with Gasteiger partial charge >= 0.3 is 0 Å². The number of thiazole rings is 1. The van der Waals surface area contributed by atoms with Crippen LogP contribution in [0.5, 0.6) is 0 Å². The van der Waals surface area contributed by atoms with Crippen LogP contribution in [-0.4, -0.2) is 25.4 Å². The minimum absolute atomic E-state index is 0.122. The van der Waals surface area contributed by atoms with Crippen LogP contribution in [0.4, 0.5) is 0 Å². The molecule has 0 bridgehead atoms. The quantitative estimate of drug-likeness (QED) is 0.512. The molecule has 164 valence electrons. The van der Waals surface area contributed by atoms with E-state index in [1.807, 2.05) is 48.7 Å². The summed E-state index contributed by atoms with van der Waals surface area (Å²) in [6.07, 6.45) is 0.178. The number of hydrogen-bond donors (Lipinski definition) is 2. The molecule has 0 aliphatic rings. The highest BCUT2D eigenvalue weighted by Crippen LogP contribution is 2.24. The molecule has 0 spiro atoms. The zero-order chi connectivity index (χ0) is 22.4. The van der Waals surface area contributed by atoms with Gasteiger partial charge in [0.1, 0.15) is 5.01 Å². The number of rotatable bonds is 9. The van der Waals surface area contributed by atoms with E-state index in [2.05, 4.69) is 15.0 Å². The lowest BCUT2D eigenvalue weighted by Gasteiger charge is -2.13. The molecule has 1 amide bonds. The number of carbonyl (C=O) groups is 1. The monoisotopic (exact) mass is 457 g/mol. The number of benzene rings is 2. The third-order valence-electron chi connectivity index (χ3n) is 4.55. The van der Waals surface area contributed by atoms with Crippen molar-refractivity contribution in [3.8, 4) is 10.6 Å². The Balaban J connectivity index is 1.60. The fraction of sp³-hybridized carbons (Fsp3) is 0.304. The molecule has 0 radical (unpaired) electrons. The summed E-state index contributed by atoms with van der Waals surface area (Å²) >= 11 is 1.51. The average molecular weight is 458 g/mol. The van der Waals surface area contributed by atoms with Crippen LogP contribution in [0.1, 0.15) is 36.2 Å². The molecule has 1 aromatic heterocycles. The van der Waals surface area contributed by atoms with Crippen molar-refractivity contribution in [2.24, 2.45) is 0 Å². The van der Waals surface area contributed by atoms with Gasteiger partial charge in [-0.15, -0.1) is 11.3 Å². The number of sulfonamides is 1. The van der Waals surface area contributed by atoms with Crippen LogP contribution in [-0.2, 0) is 33.5 Å². The summed E-state index contributed by atoms with van der Waals surface area (Å²) in [5, 5.41) is 5.66. The van der Waals surface area contributed by atoms with Crippen molar-refractivity contribution in [1.82, 2.24) is 15.0 Å². The van der Waals surface area contributed by atoms with Crippen LogP contribution in [0.2, 0.25) is 0 Å². The Morgan fingerprint density at radius 2 is 1.74 bits per heavy atom. The molecule has 2 aromatic carbocycles. The molecule has 1 heterocycles. The molecule has 0 fully saturated rings. The Bertz CT molecular complexity index is 1140. The number of aromatic nitrogens is 1. The van der Waals surface area contributed by atoms with Crippen LogP contribution in [0, 0.1) is 6.92 Å². The minimum atomic E-state index is -3.44. The smallest absolute Gasteiger partial charge is 0.226 e. The molecular weight excluding hydrogens is 430 g/mol. The van der Waals surface area contributed by atoms with E-state index < -0.39 is 10.0 Å². The highest BCUT2D eigenvalue weighted by Gasteiger charge is 2.16. The van der Waals surface area contributed by atoms with Crippen LogP contribution in [0.15, 0.2) is 53.9 Å². The predicted molar refractivity (Wildman–Crippen MR) is 125 cm³/mol. The van der Waals surface area contributed by atoms with Gasteiger partial charge < -0.3 is 5.32 Å². The first-order valence-corrected chi connectivity index (χ1v) is 12.6. The normalized spacial score (nSPS) is 11.6. The van der Waals surface area contributed by atoms with Crippen LogP contribution < -0.4 is 10.0 Å². The molecule has 0 atom stereocenters. The average Bonchev–Trinajstić information content (AvgIpc) is 3.15. The number of nitrogens with one attached hydrogen (secondary N) is 2. The molecule has 0 saturated carbocycles. The van der Waals surface area contributed by atoms with Crippen molar-refractivity contribution in [2.75, 3.05) is 0 Å². The molecule has 0 saturated heterocycles. The van der Waals surface area contributed by atoms with Crippen molar-refractivity contribution in [3.63, 3.8) is 0 Å². The van der Waals surface area contributed by atoms with Crippen molar-refractivity contribution < 1.29 is 13.2 Å². The largest absolute Gasteiger partial charge is 0.352 e. The first kappa shape index (κ1) is 23.1. The fourth-order valence-electron chi connectivity index (χ4n) is 3.11. The van der Waals surface area contributed by atoms with Crippen molar-refractivity contribution >= 4 is 27.3 Å². The zero-order valence-corrected chi connectivity index (χ0v) is 19.5. The number of aryl methyl sites for hydroxylation is 1. The maximum atomic E-state index is 12.4. The third-order valence-corrected chi connectivity index (χ3v) is 7.01. The number of amides is 1. The van der Waals surface area contributed by atoms with Gasteiger partial charge in [0.05, 0.1) is 17.9 Å². The molecule has 0 aliphatic heterocycles. The summed E-state index contributed by atoms with van der Waals surface area (Å²) < 4.78 is 27.1. The van der Waals surface area contributed by atoms with Gasteiger partial charge in [0.2, 0.25) is 15.9 Å². The van der Waals surface area contributed by atoms with Crippen molar-refractivity contribution in [2.45, 2.75) is 45.5 Å². The minimum Gasteiger partial charge on any atom is -0.352 e. The molecule has 3 rings (SSSR count). The van der Waals surface area contributed by atoms with Crippen LogP contribution >= 0.6 is 11.3 Å². The lowest BCUT2D eigenvalue weighted by Crippen LogP contribution is -2.32. The third kappa shape index (κ3) is 6.99. The van der Waals surface area contributed by atoms with Gasteiger partial charge in [-0.2, -0.15) is 0 Å². The molecule has 0 unspecified atom stereocenters. The van der Waals surface area contributed by atoms with Gasteiger partial charge in [-0.05, 0) is 31.9 Å². The second kappa shape index (κ2) is 10.2. The fourth-order valence-corrected chi connectivity index (χ4v) is 5.43. The SMILES string of the molecule is Cc1ccc(-c2nc(CC(=O)NCc3ccccc3CS(=O)(=O)NC(C)C)cs2)cc1. The summed E-state index contributed by atoms with van der Waals surface area (Å²) in [6.45, 7) is 5.87. The predicted octanol–water partition coefficient (Wildman–Crippen LogP) is 3.81. The Labute approximate surface area is 187 Å². The number of nitrogens with zero attached hydrogens (tertiary/aromatic N) is 1. The standard InChI is InChI=1S/C23H27N3O3S2/c1-16(2)26-31(28,29)15-20-7-5-4-6-19(20)13-24-22(27)12-21-14-30-23(25-21)18-10-8-17(3)9-11-18/h4-11,14,16,26H,12-13,15H2,1-3H3,(H,24,27). The molecule has 3 aromatic rings. The Kier molecular flexibility index (Phi) is 7.59. The van der Waals surface area contributed by atoms with E-state index in [1.54, 1.807) is 26.0 Å². The highest BCUT2D eigenvalue weighted by molar-refractivity contribution is 7.88. The van der Waals surface area contributed by atoms with E-state index in [1.165, 1.54) is 16.9 Å². The van der Waals surface area contributed by atoms with E-state index in [0.29, 0.717) is 5.56 Å². The maximum absolute atomic E-state index is 12.4. The maximum Gasteiger partial charge on any atom is 0.226 e. The topological polar surface area (TPSA) is 88.2 Å². The van der Waals surface area contributed by atoms with E-state index in [-0.39, 0.29) is 30.7 Å². The lowest BCUT2D eigenvalue weighted by atomic mass is 10.1. The first-order chi connectivity index (χ1) is 14.7. The van der Waals surface area contributed by atoms with Crippen LogP contribution in [0.3, 0.4) is 0 Å². The highest BCUT2D eigenvalue weighted by atomic mass is 32.2. The second-order valence-corrected chi connectivity index (χ2v) is 10.4. The van der Waals surface area contributed by atoms with Gasteiger partial charge in [0, 0.05) is 23.5 Å². The summed E-state index contributed by atoms with van der Waals surface area (Å²) in [5.74, 6) is -0.276. The molecule has 8 heteroatoms. The lowest BCUT2D eigenvalue weighted by molar-refractivity contribution is -0.120. The number of carbonyl (C=O) groups excluding carboxylic acids is 1. The van der Waals surface area contributed by atoms with E-state index >= 15 is 0 Å². The van der Waals surface area contributed by atoms with Gasteiger partial charge in [0.15, 0.2) is 0 Å². The molecule has 6 nitrogen and oxygen atoms in total. The van der Waals surface area contributed by atoms with Crippen LogP contribution in [0.25, 0.3) is 10.6 Å². The Morgan fingerprint density at radius 3 is 2.42 bits per heavy atom. The summed E-state index contributed by atoms with van der Waals surface area (Å²) in [5.41, 5.74) is 4.39. The Morgan fingerprint density at radius 1 is 1.06 bits per heavy atom. The first-order valence-electron chi connectivity index (χ1n) is 10.1.